The fourth-order valence-corrected chi connectivity index (χ4v) is 4.02. The van der Waals surface area contributed by atoms with Gasteiger partial charge in [0, 0.05) is 31.5 Å². The van der Waals surface area contributed by atoms with E-state index in [1.165, 1.54) is 25.9 Å². The van der Waals surface area contributed by atoms with Gasteiger partial charge < -0.3 is 14.8 Å². The summed E-state index contributed by atoms with van der Waals surface area (Å²) in [6.45, 7) is 7.94. The molecule has 0 aliphatic carbocycles. The van der Waals surface area contributed by atoms with Crippen LogP contribution >= 0.6 is 0 Å². The topological polar surface area (TPSA) is 53.4 Å². The lowest BCUT2D eigenvalue weighted by molar-refractivity contribution is -0.127. The summed E-state index contributed by atoms with van der Waals surface area (Å²) in [5.41, 5.74) is 0. The van der Waals surface area contributed by atoms with Gasteiger partial charge in [0.15, 0.2) is 0 Å². The van der Waals surface area contributed by atoms with Crippen molar-refractivity contribution < 1.29 is 4.79 Å². The van der Waals surface area contributed by atoms with Gasteiger partial charge in [0.2, 0.25) is 5.91 Å². The third-order valence-corrected chi connectivity index (χ3v) is 5.59. The summed E-state index contributed by atoms with van der Waals surface area (Å²) >= 11 is 0. The van der Waals surface area contributed by atoms with Gasteiger partial charge >= 0.3 is 0 Å². The zero-order chi connectivity index (χ0) is 16.9. The number of aromatic nitrogens is 2. The maximum absolute atomic E-state index is 12.6. The van der Waals surface area contributed by atoms with E-state index >= 15 is 0 Å². The SMILES string of the molecule is CCn1ccnc1CNC(=O)C1CCCN(C2CCN(C)CC2)C1. The Morgan fingerprint density at radius 1 is 1.29 bits per heavy atom. The van der Waals surface area contributed by atoms with Crippen LogP contribution in [0.5, 0.6) is 0 Å². The molecule has 1 atom stereocenters. The standard InChI is InChI=1S/C18H31N5O/c1-3-22-12-8-19-17(22)13-20-18(24)15-5-4-9-23(14-15)16-6-10-21(2)11-7-16/h8,12,15-16H,3-7,9-11,13-14H2,1-2H3,(H,20,24). The van der Waals surface area contributed by atoms with Crippen LogP contribution in [0.3, 0.4) is 0 Å². The number of aryl methyl sites for hydroxylation is 1. The highest BCUT2D eigenvalue weighted by Crippen LogP contribution is 2.23. The lowest BCUT2D eigenvalue weighted by Gasteiger charge is -2.41. The molecule has 1 unspecified atom stereocenters. The Balaban J connectivity index is 1.49. The molecule has 134 valence electrons. The Bertz CT molecular complexity index is 535. The first-order valence-electron chi connectivity index (χ1n) is 9.37. The quantitative estimate of drug-likeness (QED) is 0.883. The van der Waals surface area contributed by atoms with Crippen molar-refractivity contribution in [3.8, 4) is 0 Å². The van der Waals surface area contributed by atoms with Crippen molar-refractivity contribution in [3.63, 3.8) is 0 Å². The third-order valence-electron chi connectivity index (χ3n) is 5.59. The van der Waals surface area contributed by atoms with Gasteiger partial charge in [-0.25, -0.2) is 4.98 Å². The highest BCUT2D eigenvalue weighted by atomic mass is 16.1. The molecule has 3 rings (SSSR count). The van der Waals surface area contributed by atoms with Gasteiger partial charge in [-0.3, -0.25) is 9.69 Å². The van der Waals surface area contributed by atoms with E-state index in [-0.39, 0.29) is 11.8 Å². The number of hydrogen-bond donors (Lipinski definition) is 1. The fraction of sp³-hybridized carbons (Fsp3) is 0.778. The fourth-order valence-electron chi connectivity index (χ4n) is 4.02. The zero-order valence-corrected chi connectivity index (χ0v) is 15.1. The number of likely N-dealkylation sites (tertiary alicyclic amines) is 2. The molecule has 2 fully saturated rings. The molecule has 2 saturated heterocycles. The van der Waals surface area contributed by atoms with Crippen LogP contribution in [0.15, 0.2) is 12.4 Å². The maximum atomic E-state index is 12.6. The Morgan fingerprint density at radius 3 is 2.83 bits per heavy atom. The minimum Gasteiger partial charge on any atom is -0.349 e. The van der Waals surface area contributed by atoms with Gasteiger partial charge in [-0.2, -0.15) is 0 Å². The molecule has 2 aliphatic rings. The number of rotatable bonds is 5. The smallest absolute Gasteiger partial charge is 0.224 e. The van der Waals surface area contributed by atoms with Crippen LogP contribution in [-0.4, -0.2) is 64.5 Å². The van der Waals surface area contributed by atoms with Crippen LogP contribution in [0.1, 0.15) is 38.4 Å². The van der Waals surface area contributed by atoms with Crippen molar-refractivity contribution in [1.29, 1.82) is 0 Å². The predicted octanol–water partition coefficient (Wildman–Crippen LogP) is 1.33. The number of nitrogens with one attached hydrogen (secondary N) is 1. The zero-order valence-electron chi connectivity index (χ0n) is 15.1. The summed E-state index contributed by atoms with van der Waals surface area (Å²) in [5.74, 6) is 1.26. The number of hydrogen-bond acceptors (Lipinski definition) is 4. The molecule has 0 spiro atoms. The summed E-state index contributed by atoms with van der Waals surface area (Å²) < 4.78 is 2.08. The van der Waals surface area contributed by atoms with Gasteiger partial charge in [-0.1, -0.05) is 0 Å². The molecule has 1 aromatic heterocycles. The van der Waals surface area contributed by atoms with Crippen molar-refractivity contribution >= 4 is 5.91 Å². The molecule has 1 amide bonds. The number of imidazole rings is 1. The van der Waals surface area contributed by atoms with Crippen LogP contribution < -0.4 is 5.32 Å². The minimum atomic E-state index is 0.128. The first-order valence-corrected chi connectivity index (χ1v) is 9.37. The molecule has 1 N–H and O–H groups in total. The second kappa shape index (κ2) is 8.12. The van der Waals surface area contributed by atoms with E-state index in [0.717, 1.165) is 38.3 Å². The van der Waals surface area contributed by atoms with Gasteiger partial charge in [0.1, 0.15) is 5.82 Å². The summed E-state index contributed by atoms with van der Waals surface area (Å²) in [4.78, 5) is 21.9. The largest absolute Gasteiger partial charge is 0.349 e. The van der Waals surface area contributed by atoms with Crippen LogP contribution in [0.2, 0.25) is 0 Å². The van der Waals surface area contributed by atoms with E-state index in [1.54, 1.807) is 6.20 Å². The Morgan fingerprint density at radius 2 is 2.08 bits per heavy atom. The molecule has 24 heavy (non-hydrogen) atoms. The van der Waals surface area contributed by atoms with Crippen molar-refractivity contribution in [1.82, 2.24) is 24.7 Å². The average Bonchev–Trinajstić information content (AvgIpc) is 3.08. The van der Waals surface area contributed by atoms with E-state index < -0.39 is 0 Å². The highest BCUT2D eigenvalue weighted by Gasteiger charge is 2.31. The van der Waals surface area contributed by atoms with Crippen molar-refractivity contribution in [2.45, 2.75) is 51.7 Å². The second-order valence-electron chi connectivity index (χ2n) is 7.22. The Labute approximate surface area is 145 Å². The molecule has 0 aromatic carbocycles. The molecule has 6 nitrogen and oxygen atoms in total. The molecule has 0 saturated carbocycles. The highest BCUT2D eigenvalue weighted by molar-refractivity contribution is 5.78. The molecule has 0 radical (unpaired) electrons. The number of carbonyl (C=O) groups excluding carboxylic acids is 1. The molecule has 1 aromatic rings. The predicted molar refractivity (Wildman–Crippen MR) is 94.6 cm³/mol. The monoisotopic (exact) mass is 333 g/mol. The molecule has 2 aliphatic heterocycles. The molecule has 3 heterocycles. The number of carbonyl (C=O) groups is 1. The molecule has 0 bridgehead atoms. The van der Waals surface area contributed by atoms with Crippen LogP contribution in [-0.2, 0) is 17.9 Å². The summed E-state index contributed by atoms with van der Waals surface area (Å²) in [5, 5.41) is 3.10. The van der Waals surface area contributed by atoms with E-state index in [0.29, 0.717) is 12.6 Å². The van der Waals surface area contributed by atoms with Crippen LogP contribution in [0.25, 0.3) is 0 Å². The van der Waals surface area contributed by atoms with Gasteiger partial charge in [0.05, 0.1) is 12.5 Å². The Hall–Kier alpha value is -1.40. The van der Waals surface area contributed by atoms with E-state index in [4.69, 9.17) is 0 Å². The number of piperidine rings is 2. The first kappa shape index (κ1) is 17.4. The molecule has 6 heteroatoms. The van der Waals surface area contributed by atoms with Gasteiger partial charge in [-0.05, 0) is 59.3 Å². The third kappa shape index (κ3) is 4.16. The van der Waals surface area contributed by atoms with E-state index in [9.17, 15) is 4.79 Å². The van der Waals surface area contributed by atoms with E-state index in [2.05, 4.69) is 38.6 Å². The number of nitrogens with zero attached hydrogens (tertiary/aromatic N) is 4. The van der Waals surface area contributed by atoms with Crippen molar-refractivity contribution in [2.24, 2.45) is 5.92 Å². The van der Waals surface area contributed by atoms with Crippen molar-refractivity contribution in [3.05, 3.63) is 18.2 Å². The van der Waals surface area contributed by atoms with Gasteiger partial charge in [-0.15, -0.1) is 0 Å². The molecular formula is C18H31N5O. The lowest BCUT2D eigenvalue weighted by atomic mass is 9.93. The maximum Gasteiger partial charge on any atom is 0.224 e. The summed E-state index contributed by atoms with van der Waals surface area (Å²) in [6, 6.07) is 0.663. The average molecular weight is 333 g/mol. The van der Waals surface area contributed by atoms with Crippen LogP contribution in [0, 0.1) is 5.92 Å². The second-order valence-corrected chi connectivity index (χ2v) is 7.22. The molecular weight excluding hydrogens is 302 g/mol. The Kier molecular flexibility index (Phi) is 5.89. The minimum absolute atomic E-state index is 0.128. The number of amides is 1. The van der Waals surface area contributed by atoms with Crippen molar-refractivity contribution in [2.75, 3.05) is 33.2 Å². The van der Waals surface area contributed by atoms with E-state index in [1.807, 2.05) is 6.20 Å². The van der Waals surface area contributed by atoms with Gasteiger partial charge in [0.25, 0.3) is 0 Å². The summed E-state index contributed by atoms with van der Waals surface area (Å²) in [6.07, 6.45) is 8.38. The van der Waals surface area contributed by atoms with Crippen LogP contribution in [0.4, 0.5) is 0 Å². The normalized spacial score (nSPS) is 24.2. The lowest BCUT2D eigenvalue weighted by Crippen LogP contribution is -2.50. The first-order chi connectivity index (χ1) is 11.7. The summed E-state index contributed by atoms with van der Waals surface area (Å²) in [7, 11) is 2.20.